The lowest BCUT2D eigenvalue weighted by molar-refractivity contribution is -0.141. The fourth-order valence-corrected chi connectivity index (χ4v) is 3.50. The maximum Gasteiger partial charge on any atom is 0.433 e. The number of carbonyl (C=O) groups is 1. The van der Waals surface area contributed by atoms with Gasteiger partial charge in [0.2, 0.25) is 5.91 Å². The van der Waals surface area contributed by atoms with Gasteiger partial charge in [0, 0.05) is 38.8 Å². The zero-order valence-electron chi connectivity index (χ0n) is 14.1. The Bertz CT molecular complexity index is 616. The summed E-state index contributed by atoms with van der Waals surface area (Å²) < 4.78 is 38.1. The predicted octanol–water partition coefficient (Wildman–Crippen LogP) is 1.99. The molecule has 6 nitrogen and oxygen atoms in total. The Labute approximate surface area is 144 Å². The standard InChI is InChI=1S/C16H22F3N5O/c1-23-6-2-3-12(15(23)25)24-7-4-11(5-8-24)22-14-9-13(16(17,18)19)20-10-21-14/h9-12H,2-8H2,1H3,(H,20,21,22). The van der Waals surface area contributed by atoms with Gasteiger partial charge < -0.3 is 10.2 Å². The smallest absolute Gasteiger partial charge is 0.367 e. The number of hydrogen-bond acceptors (Lipinski definition) is 5. The van der Waals surface area contributed by atoms with E-state index < -0.39 is 11.9 Å². The van der Waals surface area contributed by atoms with Crippen molar-refractivity contribution in [1.29, 1.82) is 0 Å². The summed E-state index contributed by atoms with van der Waals surface area (Å²) in [6, 6.07) is 0.922. The molecule has 0 saturated carbocycles. The van der Waals surface area contributed by atoms with Gasteiger partial charge in [-0.25, -0.2) is 9.97 Å². The average Bonchev–Trinajstić information content (AvgIpc) is 2.58. The van der Waals surface area contributed by atoms with Gasteiger partial charge >= 0.3 is 6.18 Å². The van der Waals surface area contributed by atoms with Crippen molar-refractivity contribution >= 4 is 11.7 Å². The highest BCUT2D eigenvalue weighted by Crippen LogP contribution is 2.29. The molecule has 3 rings (SSSR count). The van der Waals surface area contributed by atoms with Crippen LogP contribution in [0.5, 0.6) is 0 Å². The molecule has 1 amide bonds. The number of amides is 1. The first kappa shape index (κ1) is 17.9. The first-order valence-electron chi connectivity index (χ1n) is 8.49. The molecule has 1 aromatic heterocycles. The first-order valence-corrected chi connectivity index (χ1v) is 8.49. The molecule has 1 N–H and O–H groups in total. The van der Waals surface area contributed by atoms with Gasteiger partial charge in [0.05, 0.1) is 6.04 Å². The van der Waals surface area contributed by atoms with E-state index in [1.807, 2.05) is 7.05 Å². The van der Waals surface area contributed by atoms with Gasteiger partial charge in [-0.3, -0.25) is 9.69 Å². The van der Waals surface area contributed by atoms with Gasteiger partial charge in [-0.1, -0.05) is 0 Å². The van der Waals surface area contributed by atoms with Crippen molar-refractivity contribution in [3.8, 4) is 0 Å². The van der Waals surface area contributed by atoms with Crippen LogP contribution in [0, 0.1) is 0 Å². The second kappa shape index (κ2) is 7.15. The van der Waals surface area contributed by atoms with Crippen LogP contribution < -0.4 is 5.32 Å². The predicted molar refractivity (Wildman–Crippen MR) is 85.9 cm³/mol. The van der Waals surface area contributed by atoms with Gasteiger partial charge in [-0.2, -0.15) is 13.2 Å². The molecular formula is C16H22F3N5O. The van der Waals surface area contributed by atoms with Crippen molar-refractivity contribution in [1.82, 2.24) is 19.8 Å². The first-order chi connectivity index (χ1) is 11.8. The number of likely N-dealkylation sites (N-methyl/N-ethyl adjacent to an activating group) is 1. The number of piperidine rings is 2. The molecule has 2 aliphatic rings. The zero-order chi connectivity index (χ0) is 18.0. The number of nitrogens with one attached hydrogen (secondary N) is 1. The van der Waals surface area contributed by atoms with Crippen molar-refractivity contribution in [2.45, 2.75) is 43.9 Å². The summed E-state index contributed by atoms with van der Waals surface area (Å²) in [7, 11) is 1.83. The Hall–Kier alpha value is -1.90. The van der Waals surface area contributed by atoms with Gasteiger partial charge in [0.1, 0.15) is 17.8 Å². The second-order valence-corrected chi connectivity index (χ2v) is 6.66. The molecule has 2 saturated heterocycles. The molecule has 1 unspecified atom stereocenters. The Morgan fingerprint density at radius 1 is 1.16 bits per heavy atom. The van der Waals surface area contributed by atoms with Crippen LogP contribution in [0.15, 0.2) is 12.4 Å². The summed E-state index contributed by atoms with van der Waals surface area (Å²) in [6.07, 6.45) is -0.140. The lowest BCUT2D eigenvalue weighted by Gasteiger charge is -2.40. The number of rotatable bonds is 3. The van der Waals surface area contributed by atoms with Gasteiger partial charge in [0.15, 0.2) is 0 Å². The van der Waals surface area contributed by atoms with Crippen LogP contribution in [0.4, 0.5) is 19.0 Å². The van der Waals surface area contributed by atoms with Crippen LogP contribution in [0.3, 0.4) is 0 Å². The molecular weight excluding hydrogens is 335 g/mol. The zero-order valence-corrected chi connectivity index (χ0v) is 14.1. The molecule has 9 heteroatoms. The third-order valence-corrected chi connectivity index (χ3v) is 4.91. The average molecular weight is 357 g/mol. The summed E-state index contributed by atoms with van der Waals surface area (Å²) in [5, 5.41) is 3.06. The number of alkyl halides is 3. The highest BCUT2D eigenvalue weighted by atomic mass is 19.4. The molecule has 3 heterocycles. The summed E-state index contributed by atoms with van der Waals surface area (Å²) in [6.45, 7) is 2.31. The lowest BCUT2D eigenvalue weighted by Crippen LogP contribution is -2.54. The van der Waals surface area contributed by atoms with Crippen molar-refractivity contribution in [3.63, 3.8) is 0 Å². The highest BCUT2D eigenvalue weighted by molar-refractivity contribution is 5.82. The topological polar surface area (TPSA) is 61.4 Å². The van der Waals surface area contributed by atoms with Gasteiger partial charge in [0.25, 0.3) is 0 Å². The van der Waals surface area contributed by atoms with Crippen LogP contribution in [0.2, 0.25) is 0 Å². The molecule has 25 heavy (non-hydrogen) atoms. The summed E-state index contributed by atoms with van der Waals surface area (Å²) >= 11 is 0. The van der Waals surface area contributed by atoms with E-state index in [1.54, 1.807) is 4.90 Å². The van der Waals surface area contributed by atoms with E-state index in [-0.39, 0.29) is 23.8 Å². The minimum absolute atomic E-state index is 0.0451. The quantitative estimate of drug-likeness (QED) is 0.897. The van der Waals surface area contributed by atoms with Crippen molar-refractivity contribution in [3.05, 3.63) is 18.1 Å². The van der Waals surface area contributed by atoms with Crippen LogP contribution in [0.25, 0.3) is 0 Å². The van der Waals surface area contributed by atoms with E-state index in [2.05, 4.69) is 20.2 Å². The van der Waals surface area contributed by atoms with Crippen LogP contribution in [0.1, 0.15) is 31.4 Å². The number of hydrogen-bond donors (Lipinski definition) is 1. The fraction of sp³-hybridized carbons (Fsp3) is 0.688. The SMILES string of the molecule is CN1CCCC(N2CCC(Nc3cc(C(F)(F)F)ncn3)CC2)C1=O. The number of halogens is 3. The summed E-state index contributed by atoms with van der Waals surface area (Å²) in [4.78, 5) is 23.4. The number of aromatic nitrogens is 2. The highest BCUT2D eigenvalue weighted by Gasteiger charge is 2.35. The largest absolute Gasteiger partial charge is 0.433 e. The van der Waals surface area contributed by atoms with Crippen LogP contribution in [-0.4, -0.2) is 64.4 Å². The summed E-state index contributed by atoms with van der Waals surface area (Å²) in [5.74, 6) is 0.359. The Morgan fingerprint density at radius 2 is 1.88 bits per heavy atom. The lowest BCUT2D eigenvalue weighted by atomic mass is 9.98. The van der Waals surface area contributed by atoms with E-state index >= 15 is 0 Å². The Morgan fingerprint density at radius 3 is 2.56 bits per heavy atom. The number of likely N-dealkylation sites (tertiary alicyclic amines) is 2. The van der Waals surface area contributed by atoms with Crippen LogP contribution >= 0.6 is 0 Å². The van der Waals surface area contributed by atoms with Crippen molar-refractivity contribution in [2.75, 3.05) is 32.0 Å². The molecule has 2 fully saturated rings. The van der Waals surface area contributed by atoms with E-state index in [4.69, 9.17) is 0 Å². The fourth-order valence-electron chi connectivity index (χ4n) is 3.50. The Kier molecular flexibility index (Phi) is 5.12. The Balaban J connectivity index is 1.55. The summed E-state index contributed by atoms with van der Waals surface area (Å²) in [5.41, 5.74) is -0.946. The molecule has 0 aliphatic carbocycles. The normalized spacial score (nSPS) is 23.8. The second-order valence-electron chi connectivity index (χ2n) is 6.66. The number of nitrogens with zero attached hydrogens (tertiary/aromatic N) is 4. The monoisotopic (exact) mass is 357 g/mol. The molecule has 1 atom stereocenters. The van der Waals surface area contributed by atoms with Gasteiger partial charge in [-0.05, 0) is 25.7 Å². The third-order valence-electron chi connectivity index (χ3n) is 4.91. The van der Waals surface area contributed by atoms with E-state index in [0.717, 1.165) is 57.7 Å². The van der Waals surface area contributed by atoms with E-state index in [1.165, 1.54) is 0 Å². The molecule has 0 bridgehead atoms. The minimum atomic E-state index is -4.48. The van der Waals surface area contributed by atoms with Crippen molar-refractivity contribution < 1.29 is 18.0 Å². The number of carbonyl (C=O) groups excluding carboxylic acids is 1. The molecule has 1 aromatic rings. The maximum atomic E-state index is 12.7. The van der Waals surface area contributed by atoms with Gasteiger partial charge in [-0.15, -0.1) is 0 Å². The maximum absolute atomic E-state index is 12.7. The van der Waals surface area contributed by atoms with Crippen molar-refractivity contribution in [2.24, 2.45) is 0 Å². The minimum Gasteiger partial charge on any atom is -0.367 e. The third kappa shape index (κ3) is 4.20. The number of anilines is 1. The molecule has 0 aromatic carbocycles. The van der Waals surface area contributed by atoms with Crippen LogP contribution in [-0.2, 0) is 11.0 Å². The van der Waals surface area contributed by atoms with E-state index in [9.17, 15) is 18.0 Å². The molecule has 0 spiro atoms. The van der Waals surface area contributed by atoms with E-state index in [0.29, 0.717) is 0 Å². The molecule has 2 aliphatic heterocycles. The molecule has 138 valence electrons. The molecule has 0 radical (unpaired) electrons.